The predicted molar refractivity (Wildman–Crippen MR) is 219 cm³/mol. The molecule has 0 radical (unpaired) electrons. The molecule has 0 fully saturated rings. The van der Waals surface area contributed by atoms with Gasteiger partial charge in [0.1, 0.15) is 0 Å². The molecule has 0 aliphatic carbocycles. The summed E-state index contributed by atoms with van der Waals surface area (Å²) in [4.78, 5) is 0. The zero-order valence-corrected chi connectivity index (χ0v) is 34.6. The van der Waals surface area contributed by atoms with Gasteiger partial charge in [-0.3, -0.25) is 0 Å². The predicted octanol–water partition coefficient (Wildman–Crippen LogP) is 14.7. The Hall–Kier alpha value is -2.07. The van der Waals surface area contributed by atoms with Crippen LogP contribution < -0.4 is 0 Å². The summed E-state index contributed by atoms with van der Waals surface area (Å²) in [6, 6.07) is 18.0. The van der Waals surface area contributed by atoms with E-state index in [0.717, 1.165) is 50.2 Å². The van der Waals surface area contributed by atoms with E-state index in [9.17, 15) is 5.53 Å². The maximum absolute atomic E-state index is 12.1. The van der Waals surface area contributed by atoms with Gasteiger partial charge in [0.05, 0.1) is 0 Å². The first kappa shape index (κ1) is 47.9. The van der Waals surface area contributed by atoms with E-state index in [1.54, 1.807) is 18.8 Å². The van der Waals surface area contributed by atoms with Gasteiger partial charge in [-0.15, -0.1) is 0 Å². The number of unbranched alkanes of at least 4 members (excludes halogenated alkanes) is 11. The van der Waals surface area contributed by atoms with Crippen molar-refractivity contribution in [2.75, 3.05) is 27.2 Å². The molecule has 0 saturated heterocycles. The molecule has 5 heteroatoms. The first-order valence-electron chi connectivity index (χ1n) is 20.2. The van der Waals surface area contributed by atoms with E-state index < -0.39 is 0 Å². The molecule has 0 atom stereocenters. The average Bonchev–Trinajstić information content (AvgIpc) is 3.41. The second-order valence-electron chi connectivity index (χ2n) is 13.5. The van der Waals surface area contributed by atoms with Crippen molar-refractivity contribution in [3.63, 3.8) is 0 Å². The molecule has 0 unspecified atom stereocenters. The molecule has 50 heavy (non-hydrogen) atoms. The zero-order valence-electron chi connectivity index (χ0n) is 33.6. The van der Waals surface area contributed by atoms with Gasteiger partial charge < -0.3 is 16.2 Å². The Balaban J connectivity index is 0.00000241. The summed E-state index contributed by atoms with van der Waals surface area (Å²) in [6.07, 6.45) is 23.1. The summed E-state index contributed by atoms with van der Waals surface area (Å²) in [5, 5.41) is 7.47. The van der Waals surface area contributed by atoms with Crippen molar-refractivity contribution in [1.82, 2.24) is 0 Å². The van der Waals surface area contributed by atoms with Gasteiger partial charge in [0.25, 0.3) is 0 Å². The Bertz CT molecular complexity index is 1210. The van der Waals surface area contributed by atoms with E-state index in [1.165, 1.54) is 130 Å². The van der Waals surface area contributed by atoms with Crippen LogP contribution in [0.2, 0.25) is 0 Å². The number of nitrogens with zero attached hydrogens (tertiary/aromatic N) is 4. The normalized spacial score (nSPS) is 12.4. The molecule has 284 valence electrons. The van der Waals surface area contributed by atoms with Crippen molar-refractivity contribution < 1.29 is 21.2 Å². The monoisotopic (exact) mass is 729 g/mol. The van der Waals surface area contributed by atoms with Gasteiger partial charge in [-0.05, 0) is 86.8 Å². The number of aryl methyl sites for hydroxylation is 2. The first-order valence-corrected chi connectivity index (χ1v) is 20.2. The van der Waals surface area contributed by atoms with Gasteiger partial charge in [-0.2, -0.15) is 27.2 Å². The molecule has 3 rings (SSSR count). The number of hydrogen-bond acceptors (Lipinski definition) is 0. The topological polar surface area (TPSA) is 53.5 Å². The van der Waals surface area contributed by atoms with Gasteiger partial charge in [0.2, 0.25) is 11.4 Å². The third-order valence-electron chi connectivity index (χ3n) is 9.34. The molecule has 2 aromatic rings. The third kappa shape index (κ3) is 18.4. The second-order valence-corrected chi connectivity index (χ2v) is 13.5. The second kappa shape index (κ2) is 31.7. The summed E-state index contributed by atoms with van der Waals surface area (Å²) >= 11 is 0. The van der Waals surface area contributed by atoms with Crippen LogP contribution in [0.15, 0.2) is 59.7 Å². The van der Waals surface area contributed by atoms with Crippen molar-refractivity contribution in [1.29, 1.82) is 0 Å². The van der Waals surface area contributed by atoms with Gasteiger partial charge >= 0.3 is 16.5 Å². The average molecular weight is 730 g/mol. The molecule has 0 aromatic heterocycles. The van der Waals surface area contributed by atoms with Gasteiger partial charge in [-0.1, -0.05) is 136 Å². The van der Waals surface area contributed by atoms with Gasteiger partial charge in [0, 0.05) is 22.3 Å². The van der Waals surface area contributed by atoms with Crippen LogP contribution in [0.3, 0.4) is 0 Å². The van der Waals surface area contributed by atoms with E-state index in [4.69, 9.17) is 0 Å². The molecular weight excluding hydrogens is 655 g/mol. The van der Waals surface area contributed by atoms with Crippen molar-refractivity contribution in [2.24, 2.45) is 0 Å². The SMILES string of the molecule is CCCCCCCCC1=C(c2cccc(CCCC)c2)[N+](=[N-])C(c2cccc(CCCC)c2)=C1CCCCCCC.CC[N-]C.CC[N-]C.[Ni+2]. The Kier molecular flexibility index (Phi) is 30.3. The van der Waals surface area contributed by atoms with E-state index >= 15 is 0 Å². The molecule has 0 saturated carbocycles. The molecule has 0 amide bonds. The maximum atomic E-state index is 12.1. The number of allylic oxidation sites excluding steroid dienone is 2. The van der Waals surface area contributed by atoms with Crippen LogP contribution in [-0.2, 0) is 29.3 Å². The minimum atomic E-state index is 0. The largest absolute Gasteiger partial charge is 2.00 e. The quantitative estimate of drug-likeness (QED) is 0.0621. The van der Waals surface area contributed by atoms with E-state index in [0.29, 0.717) is 0 Å². The summed E-state index contributed by atoms with van der Waals surface area (Å²) < 4.78 is 1.59. The fourth-order valence-corrected chi connectivity index (χ4v) is 6.28. The Labute approximate surface area is 320 Å². The van der Waals surface area contributed by atoms with E-state index in [2.05, 4.69) is 86.9 Å². The Morgan fingerprint density at radius 3 is 1.16 bits per heavy atom. The number of rotatable bonds is 23. The fourth-order valence-electron chi connectivity index (χ4n) is 6.28. The van der Waals surface area contributed by atoms with Crippen LogP contribution >= 0.6 is 0 Å². The van der Waals surface area contributed by atoms with Crippen LogP contribution in [0.5, 0.6) is 0 Å². The first-order chi connectivity index (χ1) is 24.0. The van der Waals surface area contributed by atoms with Gasteiger partial charge in [0.15, 0.2) is 0 Å². The maximum Gasteiger partial charge on any atom is 2.00 e. The molecule has 1 heterocycles. The molecule has 1 aliphatic rings. The van der Waals surface area contributed by atoms with Crippen molar-refractivity contribution in [2.45, 2.75) is 164 Å². The van der Waals surface area contributed by atoms with Crippen LogP contribution in [0, 0.1) is 0 Å². The molecule has 0 bridgehead atoms. The summed E-state index contributed by atoms with van der Waals surface area (Å²) in [6.45, 7) is 15.0. The number of hydrogen-bond donors (Lipinski definition) is 0. The minimum absolute atomic E-state index is 0. The molecule has 1 aliphatic heterocycles. The standard InChI is InChI=1S/C39H58N2.2C3H8N.Ni/c1-5-9-13-15-17-19-29-37-36(28-18-16-14-10-6-2)38(34-26-20-24-32(30-34)22-11-7-3)41(40)39(37)35-27-21-25-33(31-35)23-12-8-4;2*1-3-4-2;/h20-21,24-27,30-31H,5-19,22-23,28-29H2,1-4H3;2*3H2,1-2H3;/q;2*-1;+2. The molecule has 0 N–H and O–H groups in total. The smallest absolute Gasteiger partial charge is 0.665 e. The molecule has 4 nitrogen and oxygen atoms in total. The minimum Gasteiger partial charge on any atom is -0.665 e. The third-order valence-corrected chi connectivity index (χ3v) is 9.34. The van der Waals surface area contributed by atoms with Crippen LogP contribution in [-0.4, -0.2) is 31.9 Å². The van der Waals surface area contributed by atoms with Crippen LogP contribution in [0.25, 0.3) is 27.6 Å². The van der Waals surface area contributed by atoms with Crippen LogP contribution in [0.1, 0.15) is 173 Å². The number of benzene rings is 2. The van der Waals surface area contributed by atoms with E-state index in [1.807, 2.05) is 13.8 Å². The molecular formula is C45H74N4Ni. The zero-order chi connectivity index (χ0) is 36.1. The van der Waals surface area contributed by atoms with Crippen molar-refractivity contribution >= 4 is 11.4 Å². The van der Waals surface area contributed by atoms with Crippen molar-refractivity contribution in [3.8, 4) is 0 Å². The van der Waals surface area contributed by atoms with E-state index in [-0.39, 0.29) is 16.5 Å². The van der Waals surface area contributed by atoms with Crippen molar-refractivity contribution in [3.05, 3.63) is 98.1 Å². The summed E-state index contributed by atoms with van der Waals surface area (Å²) in [5.41, 5.74) is 22.0. The fraction of sp³-hybridized carbons (Fsp3) is 0.644. The van der Waals surface area contributed by atoms with Gasteiger partial charge in [-0.25, -0.2) is 4.70 Å². The molecule has 0 spiro atoms. The summed E-state index contributed by atoms with van der Waals surface area (Å²) in [7, 11) is 3.61. The molecule has 2 aromatic carbocycles. The summed E-state index contributed by atoms with van der Waals surface area (Å²) in [5.74, 6) is 0. The van der Waals surface area contributed by atoms with Crippen LogP contribution in [0.4, 0.5) is 0 Å². The Morgan fingerprint density at radius 2 is 0.820 bits per heavy atom. The Morgan fingerprint density at radius 1 is 0.480 bits per heavy atom.